The zero-order valence-corrected chi connectivity index (χ0v) is 23.2. The number of nitrogens with zero attached hydrogens (tertiary/aromatic N) is 3. The number of rotatable bonds is 8. The van der Waals surface area contributed by atoms with E-state index in [4.69, 9.17) is 9.84 Å². The molecule has 0 fully saturated rings. The molecule has 0 unspecified atom stereocenters. The van der Waals surface area contributed by atoms with Crippen molar-refractivity contribution in [3.63, 3.8) is 0 Å². The minimum atomic E-state index is -0.363. The average Bonchev–Trinajstić information content (AvgIpc) is 3.22. The molecule has 1 aromatic heterocycles. The third-order valence-corrected chi connectivity index (χ3v) is 6.14. The number of carbonyl (C=O) groups is 2. The lowest BCUT2D eigenvalue weighted by Crippen LogP contribution is -2.42. The summed E-state index contributed by atoms with van der Waals surface area (Å²) in [5, 5.41) is 10.7. The minimum absolute atomic E-state index is 0.136. The third-order valence-electron chi connectivity index (χ3n) is 6.14. The van der Waals surface area contributed by atoms with Gasteiger partial charge in [0.05, 0.1) is 18.0 Å². The van der Waals surface area contributed by atoms with Gasteiger partial charge in [-0.05, 0) is 51.0 Å². The average molecular weight is 506 g/mol. The molecule has 3 aromatic rings. The Morgan fingerprint density at radius 3 is 2.19 bits per heavy atom. The second kappa shape index (κ2) is 11.6. The highest BCUT2D eigenvalue weighted by Crippen LogP contribution is 2.28. The summed E-state index contributed by atoms with van der Waals surface area (Å²) in [5.74, 6) is 0.238. The Labute approximate surface area is 220 Å². The van der Waals surface area contributed by atoms with Crippen molar-refractivity contribution in [2.75, 3.05) is 37.4 Å². The molecular weight excluding hydrogens is 466 g/mol. The minimum Gasteiger partial charge on any atom is -0.383 e. The van der Waals surface area contributed by atoms with Gasteiger partial charge in [-0.15, -0.1) is 0 Å². The Morgan fingerprint density at radius 2 is 1.59 bits per heavy atom. The van der Waals surface area contributed by atoms with Crippen molar-refractivity contribution in [3.8, 4) is 5.69 Å². The Kier molecular flexibility index (Phi) is 8.76. The van der Waals surface area contributed by atoms with Gasteiger partial charge in [0.15, 0.2) is 0 Å². The van der Waals surface area contributed by atoms with Crippen molar-refractivity contribution in [1.29, 1.82) is 0 Å². The van der Waals surface area contributed by atoms with Crippen LogP contribution in [0.2, 0.25) is 0 Å². The highest BCUT2D eigenvalue weighted by molar-refractivity contribution is 5.97. The van der Waals surface area contributed by atoms with Crippen LogP contribution in [0.5, 0.6) is 0 Å². The maximum Gasteiger partial charge on any atom is 0.322 e. The van der Waals surface area contributed by atoms with Gasteiger partial charge in [0.1, 0.15) is 12.4 Å². The van der Waals surface area contributed by atoms with Crippen LogP contribution in [0.15, 0.2) is 42.5 Å². The molecule has 0 bridgehead atoms. The molecule has 3 amide bonds. The second-order valence-electron chi connectivity index (χ2n) is 10.6. The van der Waals surface area contributed by atoms with Crippen LogP contribution >= 0.6 is 0 Å². The summed E-state index contributed by atoms with van der Waals surface area (Å²) in [7, 11) is 1.57. The number of nitrogens with one attached hydrogen (secondary N) is 2. The number of aromatic nitrogens is 2. The van der Waals surface area contributed by atoms with E-state index in [2.05, 4.69) is 37.5 Å². The molecule has 0 atom stereocenters. The lowest BCUT2D eigenvalue weighted by atomic mass is 9.92. The Bertz CT molecular complexity index is 1270. The molecule has 2 aromatic carbocycles. The molecule has 0 spiro atoms. The predicted octanol–water partition coefficient (Wildman–Crippen LogP) is 5.52. The van der Waals surface area contributed by atoms with Crippen LogP contribution in [0.4, 0.5) is 16.3 Å². The number of benzene rings is 2. The molecule has 1 heterocycles. The number of ether oxygens (including phenoxy) is 1. The fraction of sp³-hybridized carbons (Fsp3) is 0.414. The number of hydrogen-bond donors (Lipinski definition) is 2. The fourth-order valence-electron chi connectivity index (χ4n) is 4.02. The lowest BCUT2D eigenvalue weighted by Gasteiger charge is -2.23. The molecule has 2 N–H and O–H groups in total. The summed E-state index contributed by atoms with van der Waals surface area (Å²) in [6.45, 7) is 14.7. The Balaban J connectivity index is 1.84. The van der Waals surface area contributed by atoms with Crippen molar-refractivity contribution in [2.24, 2.45) is 0 Å². The largest absolute Gasteiger partial charge is 0.383 e. The zero-order valence-electron chi connectivity index (χ0n) is 23.2. The standard InChI is InChI=1S/C29H39N5O3/c1-19-9-11-23(21(3)15-19)30-28(36)33(13-14-37-8)18-27(35)31-26-17-25(29(5,6)7)32-34(26)24-12-10-20(2)16-22(24)4/h9-12,15-17H,13-14,18H2,1-8H3,(H,30,36)(H,31,35). The molecular formula is C29H39N5O3. The summed E-state index contributed by atoms with van der Waals surface area (Å²) in [5.41, 5.74) is 6.51. The molecule has 198 valence electrons. The van der Waals surface area contributed by atoms with Crippen LogP contribution in [0.3, 0.4) is 0 Å². The molecule has 0 aliphatic heterocycles. The first-order valence-corrected chi connectivity index (χ1v) is 12.5. The van der Waals surface area contributed by atoms with Gasteiger partial charge in [-0.3, -0.25) is 4.79 Å². The quantitative estimate of drug-likeness (QED) is 0.422. The van der Waals surface area contributed by atoms with Crippen LogP contribution in [-0.2, 0) is 14.9 Å². The first kappa shape index (κ1) is 27.9. The number of methoxy groups -OCH3 is 1. The predicted molar refractivity (Wildman–Crippen MR) is 149 cm³/mol. The molecule has 0 aliphatic rings. The van der Waals surface area contributed by atoms with E-state index < -0.39 is 0 Å². The van der Waals surface area contributed by atoms with Crippen LogP contribution in [-0.4, -0.2) is 53.4 Å². The second-order valence-corrected chi connectivity index (χ2v) is 10.6. The molecule has 3 rings (SSSR count). The molecule has 0 saturated carbocycles. The van der Waals surface area contributed by atoms with Crippen LogP contribution in [0.25, 0.3) is 5.69 Å². The van der Waals surface area contributed by atoms with E-state index >= 15 is 0 Å². The first-order chi connectivity index (χ1) is 17.4. The molecule has 0 radical (unpaired) electrons. The third kappa shape index (κ3) is 7.20. The van der Waals surface area contributed by atoms with E-state index in [1.807, 2.05) is 64.1 Å². The normalized spacial score (nSPS) is 11.4. The van der Waals surface area contributed by atoms with E-state index in [1.165, 1.54) is 4.90 Å². The number of hydrogen-bond acceptors (Lipinski definition) is 4. The number of carbonyl (C=O) groups excluding carboxylic acids is 2. The molecule has 8 heteroatoms. The lowest BCUT2D eigenvalue weighted by molar-refractivity contribution is -0.116. The summed E-state index contributed by atoms with van der Waals surface area (Å²) in [4.78, 5) is 27.8. The van der Waals surface area contributed by atoms with Crippen molar-refractivity contribution in [3.05, 3.63) is 70.4 Å². The van der Waals surface area contributed by atoms with E-state index in [0.29, 0.717) is 18.1 Å². The van der Waals surface area contributed by atoms with Gasteiger partial charge in [0.25, 0.3) is 0 Å². The summed E-state index contributed by atoms with van der Waals surface area (Å²) >= 11 is 0. The van der Waals surface area contributed by atoms with E-state index in [-0.39, 0.29) is 30.4 Å². The molecule has 37 heavy (non-hydrogen) atoms. The Morgan fingerprint density at radius 1 is 0.946 bits per heavy atom. The molecule has 8 nitrogen and oxygen atoms in total. The molecule has 0 aliphatic carbocycles. The van der Waals surface area contributed by atoms with Crippen LogP contribution in [0.1, 0.15) is 48.7 Å². The number of aryl methyl sites for hydroxylation is 4. The highest BCUT2D eigenvalue weighted by Gasteiger charge is 2.24. The van der Waals surface area contributed by atoms with Gasteiger partial charge in [-0.1, -0.05) is 56.2 Å². The fourth-order valence-corrected chi connectivity index (χ4v) is 4.02. The smallest absolute Gasteiger partial charge is 0.322 e. The zero-order chi connectivity index (χ0) is 27.3. The highest BCUT2D eigenvalue weighted by atomic mass is 16.5. The van der Waals surface area contributed by atoms with Crippen molar-refractivity contribution in [2.45, 2.75) is 53.9 Å². The van der Waals surface area contributed by atoms with Gasteiger partial charge >= 0.3 is 6.03 Å². The van der Waals surface area contributed by atoms with Gasteiger partial charge in [-0.25, -0.2) is 9.48 Å². The monoisotopic (exact) mass is 505 g/mol. The summed E-state index contributed by atoms with van der Waals surface area (Å²) < 4.78 is 6.95. The maximum absolute atomic E-state index is 13.2. The SMILES string of the molecule is COCCN(CC(=O)Nc1cc(C(C)(C)C)nn1-c1ccc(C)cc1C)C(=O)Nc1ccc(C)cc1C. The van der Waals surface area contributed by atoms with E-state index in [0.717, 1.165) is 33.6 Å². The number of urea groups is 1. The van der Waals surface area contributed by atoms with Gasteiger partial charge < -0.3 is 20.3 Å². The summed E-state index contributed by atoms with van der Waals surface area (Å²) in [6, 6.07) is 13.5. The number of anilines is 2. The van der Waals surface area contributed by atoms with Gasteiger partial charge in [0.2, 0.25) is 5.91 Å². The van der Waals surface area contributed by atoms with Gasteiger partial charge in [0, 0.05) is 30.8 Å². The van der Waals surface area contributed by atoms with Crippen molar-refractivity contribution < 1.29 is 14.3 Å². The van der Waals surface area contributed by atoms with Crippen LogP contribution < -0.4 is 10.6 Å². The van der Waals surface area contributed by atoms with Crippen molar-refractivity contribution in [1.82, 2.24) is 14.7 Å². The number of amides is 3. The molecule has 0 saturated heterocycles. The first-order valence-electron chi connectivity index (χ1n) is 12.5. The van der Waals surface area contributed by atoms with E-state index in [1.54, 1.807) is 11.8 Å². The van der Waals surface area contributed by atoms with Crippen LogP contribution in [0, 0.1) is 27.7 Å². The summed E-state index contributed by atoms with van der Waals surface area (Å²) in [6.07, 6.45) is 0. The van der Waals surface area contributed by atoms with Gasteiger partial charge in [-0.2, -0.15) is 5.10 Å². The Hall–Kier alpha value is -3.65. The van der Waals surface area contributed by atoms with E-state index in [9.17, 15) is 9.59 Å². The topological polar surface area (TPSA) is 88.5 Å². The maximum atomic E-state index is 13.2. The van der Waals surface area contributed by atoms with Crippen molar-refractivity contribution >= 4 is 23.4 Å².